The van der Waals surface area contributed by atoms with Gasteiger partial charge in [-0.25, -0.2) is 0 Å². The van der Waals surface area contributed by atoms with E-state index in [2.05, 4.69) is 5.32 Å². The zero-order valence-electron chi connectivity index (χ0n) is 11.2. The van der Waals surface area contributed by atoms with Crippen LogP contribution in [0.25, 0.3) is 0 Å². The first-order valence-electron chi connectivity index (χ1n) is 7.69. The van der Waals surface area contributed by atoms with Crippen LogP contribution in [0.3, 0.4) is 0 Å². The van der Waals surface area contributed by atoms with Gasteiger partial charge >= 0.3 is 0 Å². The molecule has 0 aromatic rings. The Kier molecular flexibility index (Phi) is 3.60. The van der Waals surface area contributed by atoms with E-state index in [1.807, 2.05) is 0 Å². The summed E-state index contributed by atoms with van der Waals surface area (Å²) < 4.78 is 5.78. The summed E-state index contributed by atoms with van der Waals surface area (Å²) in [5.41, 5.74) is 0.463. The molecule has 1 amide bonds. The Hall–Kier alpha value is -0.570. The second kappa shape index (κ2) is 5.20. The zero-order chi connectivity index (χ0) is 12.4. The molecule has 0 aliphatic heterocycles. The highest BCUT2D eigenvalue weighted by Gasteiger charge is 2.60. The fourth-order valence-corrected chi connectivity index (χ4v) is 3.61. The van der Waals surface area contributed by atoms with E-state index in [1.165, 1.54) is 44.9 Å². The van der Waals surface area contributed by atoms with Gasteiger partial charge in [0, 0.05) is 19.1 Å². The molecule has 3 heteroatoms. The Morgan fingerprint density at radius 3 is 2.61 bits per heavy atom. The number of nitrogens with one attached hydrogen (secondary N) is 1. The lowest BCUT2D eigenvalue weighted by Gasteiger charge is -2.26. The van der Waals surface area contributed by atoms with Gasteiger partial charge in [0.15, 0.2) is 0 Å². The van der Waals surface area contributed by atoms with Crippen molar-refractivity contribution in [3.63, 3.8) is 0 Å². The first-order valence-corrected chi connectivity index (χ1v) is 7.69. The third-order valence-corrected chi connectivity index (χ3v) is 5.13. The Morgan fingerprint density at radius 2 is 2.00 bits per heavy atom. The van der Waals surface area contributed by atoms with Gasteiger partial charge in [0.25, 0.3) is 0 Å². The van der Waals surface area contributed by atoms with Crippen LogP contribution in [0.4, 0.5) is 0 Å². The van der Waals surface area contributed by atoms with Crippen LogP contribution in [-0.4, -0.2) is 25.2 Å². The van der Waals surface area contributed by atoms with Crippen LogP contribution in [0, 0.1) is 11.3 Å². The monoisotopic (exact) mass is 251 g/mol. The van der Waals surface area contributed by atoms with Gasteiger partial charge in [-0.15, -0.1) is 0 Å². The van der Waals surface area contributed by atoms with Gasteiger partial charge in [-0.1, -0.05) is 19.3 Å². The minimum absolute atomic E-state index is 0.301. The Balaban J connectivity index is 1.23. The standard InChI is InChI=1S/C15H25NO2/c17-14(13-11-15(13)7-3-8-15)16-9-4-10-18-12-5-1-2-6-12/h12-13H,1-11H2,(H,16,17). The smallest absolute Gasteiger partial charge is 0.223 e. The van der Waals surface area contributed by atoms with Gasteiger partial charge < -0.3 is 10.1 Å². The second-order valence-corrected chi connectivity index (χ2v) is 6.39. The second-order valence-electron chi connectivity index (χ2n) is 6.39. The summed E-state index contributed by atoms with van der Waals surface area (Å²) in [6, 6.07) is 0. The summed E-state index contributed by atoms with van der Waals surface area (Å²) in [5, 5.41) is 3.07. The summed E-state index contributed by atoms with van der Waals surface area (Å²) in [7, 11) is 0. The van der Waals surface area contributed by atoms with E-state index in [0.29, 0.717) is 23.3 Å². The summed E-state index contributed by atoms with van der Waals surface area (Å²) >= 11 is 0. The van der Waals surface area contributed by atoms with Crippen molar-refractivity contribution < 1.29 is 9.53 Å². The average molecular weight is 251 g/mol. The molecule has 3 fully saturated rings. The van der Waals surface area contributed by atoms with Crippen LogP contribution < -0.4 is 5.32 Å². The number of carbonyl (C=O) groups is 1. The van der Waals surface area contributed by atoms with Crippen molar-refractivity contribution in [2.45, 2.75) is 63.9 Å². The SMILES string of the molecule is O=C(NCCCOC1CCCC1)C1CC12CCC2. The van der Waals surface area contributed by atoms with Gasteiger partial charge in [0.05, 0.1) is 6.10 Å². The minimum Gasteiger partial charge on any atom is -0.378 e. The molecule has 18 heavy (non-hydrogen) atoms. The van der Waals surface area contributed by atoms with Crippen molar-refractivity contribution >= 4 is 5.91 Å². The fourth-order valence-electron chi connectivity index (χ4n) is 3.61. The van der Waals surface area contributed by atoms with Crippen LogP contribution in [0.15, 0.2) is 0 Å². The summed E-state index contributed by atoms with van der Waals surface area (Å²) in [6.07, 6.45) is 11.6. The Morgan fingerprint density at radius 1 is 1.22 bits per heavy atom. The maximum absolute atomic E-state index is 11.9. The highest BCUT2D eigenvalue weighted by molar-refractivity contribution is 5.82. The predicted octanol–water partition coefficient (Wildman–Crippen LogP) is 2.64. The average Bonchev–Trinajstić information content (AvgIpc) is 2.91. The molecule has 0 radical (unpaired) electrons. The molecular formula is C15H25NO2. The Bertz CT molecular complexity index is 306. The van der Waals surface area contributed by atoms with Crippen molar-refractivity contribution in [1.29, 1.82) is 0 Å². The Labute approximate surface area is 110 Å². The number of rotatable bonds is 6. The predicted molar refractivity (Wildman–Crippen MR) is 70.2 cm³/mol. The van der Waals surface area contributed by atoms with Gasteiger partial charge in [-0.05, 0) is 43.9 Å². The van der Waals surface area contributed by atoms with Crippen molar-refractivity contribution in [2.75, 3.05) is 13.2 Å². The molecule has 1 unspecified atom stereocenters. The zero-order valence-corrected chi connectivity index (χ0v) is 11.2. The van der Waals surface area contributed by atoms with E-state index < -0.39 is 0 Å². The summed E-state index contributed by atoms with van der Waals surface area (Å²) in [4.78, 5) is 11.9. The maximum Gasteiger partial charge on any atom is 0.223 e. The van der Waals surface area contributed by atoms with E-state index in [0.717, 1.165) is 26.0 Å². The van der Waals surface area contributed by atoms with E-state index in [-0.39, 0.29) is 0 Å². The molecule has 102 valence electrons. The van der Waals surface area contributed by atoms with Crippen molar-refractivity contribution in [1.82, 2.24) is 5.32 Å². The lowest BCUT2D eigenvalue weighted by atomic mass is 9.80. The van der Waals surface area contributed by atoms with Gasteiger partial charge in [0.2, 0.25) is 5.91 Å². The number of hydrogen-bond donors (Lipinski definition) is 1. The molecule has 3 nitrogen and oxygen atoms in total. The lowest BCUT2D eigenvalue weighted by molar-refractivity contribution is -0.123. The molecule has 3 aliphatic rings. The van der Waals surface area contributed by atoms with E-state index in [4.69, 9.17) is 4.74 Å². The van der Waals surface area contributed by atoms with E-state index >= 15 is 0 Å². The number of ether oxygens (including phenoxy) is 1. The molecule has 0 saturated heterocycles. The van der Waals surface area contributed by atoms with E-state index in [9.17, 15) is 4.79 Å². The summed E-state index contributed by atoms with van der Waals surface area (Å²) in [5.74, 6) is 0.651. The number of carbonyl (C=O) groups excluding carboxylic acids is 1. The molecule has 0 heterocycles. The number of amides is 1. The normalized spacial score (nSPS) is 29.2. The molecule has 0 aromatic carbocycles. The highest BCUT2D eigenvalue weighted by atomic mass is 16.5. The highest BCUT2D eigenvalue weighted by Crippen LogP contribution is 2.65. The third-order valence-electron chi connectivity index (χ3n) is 5.13. The largest absolute Gasteiger partial charge is 0.378 e. The van der Waals surface area contributed by atoms with Crippen molar-refractivity contribution in [3.05, 3.63) is 0 Å². The van der Waals surface area contributed by atoms with Crippen LogP contribution >= 0.6 is 0 Å². The first-order chi connectivity index (χ1) is 8.80. The molecule has 3 rings (SSSR count). The van der Waals surface area contributed by atoms with Crippen LogP contribution in [0.1, 0.15) is 57.8 Å². The first kappa shape index (κ1) is 12.5. The molecule has 0 aromatic heterocycles. The maximum atomic E-state index is 11.9. The topological polar surface area (TPSA) is 38.3 Å². The van der Waals surface area contributed by atoms with Gasteiger partial charge in [-0.3, -0.25) is 4.79 Å². The molecule has 1 N–H and O–H groups in total. The fraction of sp³-hybridized carbons (Fsp3) is 0.933. The molecule has 0 bridgehead atoms. The minimum atomic E-state index is 0.301. The van der Waals surface area contributed by atoms with E-state index in [1.54, 1.807) is 0 Å². The van der Waals surface area contributed by atoms with Gasteiger partial charge in [0.1, 0.15) is 0 Å². The van der Waals surface area contributed by atoms with Crippen molar-refractivity contribution in [2.24, 2.45) is 11.3 Å². The molecular weight excluding hydrogens is 226 g/mol. The quantitative estimate of drug-likeness (QED) is 0.737. The van der Waals surface area contributed by atoms with Crippen molar-refractivity contribution in [3.8, 4) is 0 Å². The lowest BCUT2D eigenvalue weighted by Crippen LogP contribution is -2.30. The summed E-state index contributed by atoms with van der Waals surface area (Å²) in [6.45, 7) is 1.60. The molecule has 3 saturated carbocycles. The number of hydrogen-bond acceptors (Lipinski definition) is 2. The van der Waals surface area contributed by atoms with Gasteiger partial charge in [-0.2, -0.15) is 0 Å². The molecule has 1 atom stereocenters. The third kappa shape index (κ3) is 2.56. The van der Waals surface area contributed by atoms with Crippen LogP contribution in [0.2, 0.25) is 0 Å². The van der Waals surface area contributed by atoms with Crippen LogP contribution in [-0.2, 0) is 9.53 Å². The molecule has 3 aliphatic carbocycles. The van der Waals surface area contributed by atoms with Crippen LogP contribution in [0.5, 0.6) is 0 Å². The molecule has 1 spiro atoms.